The second kappa shape index (κ2) is 7.75. The Balaban J connectivity index is 1.74. The van der Waals surface area contributed by atoms with E-state index in [2.05, 4.69) is 5.32 Å². The van der Waals surface area contributed by atoms with Gasteiger partial charge in [0.15, 0.2) is 17.3 Å². The first-order chi connectivity index (χ1) is 15.5. The topological polar surface area (TPSA) is 133 Å². The maximum atomic E-state index is 13.7. The Kier molecular flexibility index (Phi) is 5.30. The number of benzene rings is 1. The van der Waals surface area contributed by atoms with Crippen LogP contribution in [0.1, 0.15) is 55.1 Å². The number of fused-ring (bicyclic) bond motifs is 3. The Labute approximate surface area is 190 Å². The number of carbonyl (C=O) groups is 4. The van der Waals surface area contributed by atoms with Gasteiger partial charge in [0.25, 0.3) is 0 Å². The van der Waals surface area contributed by atoms with Gasteiger partial charge in [0.2, 0.25) is 5.91 Å². The molecular weight excluding hydrogens is 428 g/mol. The Hall–Kier alpha value is -3.62. The van der Waals surface area contributed by atoms with Crippen LogP contribution in [0, 0.1) is 6.92 Å². The van der Waals surface area contributed by atoms with E-state index in [0.717, 1.165) is 6.42 Å². The Morgan fingerprint density at radius 2 is 1.91 bits per heavy atom. The van der Waals surface area contributed by atoms with Gasteiger partial charge in [0, 0.05) is 43.4 Å². The number of phenols is 2. The van der Waals surface area contributed by atoms with Crippen molar-refractivity contribution in [3.8, 4) is 17.2 Å². The van der Waals surface area contributed by atoms with E-state index in [1.165, 1.54) is 26.8 Å². The summed E-state index contributed by atoms with van der Waals surface area (Å²) in [6.45, 7) is 7.33. The summed E-state index contributed by atoms with van der Waals surface area (Å²) in [5.74, 6) is -2.47. The first-order valence-electron chi connectivity index (χ1n) is 10.8. The molecular formula is C24H26N2O7. The first kappa shape index (κ1) is 22.6. The average Bonchev–Trinajstić information content (AvgIpc) is 3.27. The zero-order valence-corrected chi connectivity index (χ0v) is 19.0. The van der Waals surface area contributed by atoms with Crippen LogP contribution in [0.5, 0.6) is 17.2 Å². The van der Waals surface area contributed by atoms with Crippen LogP contribution in [0.3, 0.4) is 0 Å². The van der Waals surface area contributed by atoms with Gasteiger partial charge in [-0.1, -0.05) is 0 Å². The highest BCUT2D eigenvalue weighted by atomic mass is 16.5. The SMILES string of the molecule is CC(=O)c1c(O)c(C)c(O)c2c1OC1=CC(=O)/C(=C(/C)NCCN3CCCC3=O)C(=O)[C@@]12C. The van der Waals surface area contributed by atoms with Crippen molar-refractivity contribution in [1.82, 2.24) is 10.2 Å². The molecule has 9 heteroatoms. The number of nitrogens with zero attached hydrogens (tertiary/aromatic N) is 1. The van der Waals surface area contributed by atoms with Crippen LogP contribution in [0.15, 0.2) is 23.1 Å². The van der Waals surface area contributed by atoms with E-state index >= 15 is 0 Å². The molecule has 4 rings (SSSR count). The fourth-order valence-corrected chi connectivity index (χ4v) is 4.77. The number of amides is 1. The van der Waals surface area contributed by atoms with Gasteiger partial charge in [-0.15, -0.1) is 0 Å². The van der Waals surface area contributed by atoms with Crippen LogP contribution in [0.2, 0.25) is 0 Å². The smallest absolute Gasteiger partial charge is 0.222 e. The van der Waals surface area contributed by atoms with Crippen molar-refractivity contribution < 1.29 is 34.1 Å². The molecule has 1 saturated heterocycles. The molecule has 9 nitrogen and oxygen atoms in total. The summed E-state index contributed by atoms with van der Waals surface area (Å²) in [4.78, 5) is 52.3. The number of ether oxygens (including phenoxy) is 1. The number of nitrogens with one attached hydrogen (secondary N) is 1. The molecule has 0 spiro atoms. The number of allylic oxidation sites excluding steroid dienone is 4. The third-order valence-corrected chi connectivity index (χ3v) is 6.70. The van der Waals surface area contributed by atoms with E-state index < -0.39 is 28.5 Å². The van der Waals surface area contributed by atoms with Gasteiger partial charge in [0.05, 0.1) is 11.1 Å². The fraction of sp³-hybridized carbons (Fsp3) is 0.417. The molecule has 33 heavy (non-hydrogen) atoms. The number of aromatic hydroxyl groups is 2. The third-order valence-electron chi connectivity index (χ3n) is 6.70. The summed E-state index contributed by atoms with van der Waals surface area (Å²) in [7, 11) is 0. The molecule has 1 aromatic rings. The van der Waals surface area contributed by atoms with Crippen molar-refractivity contribution in [1.29, 1.82) is 0 Å². The van der Waals surface area contributed by atoms with E-state index in [9.17, 15) is 29.4 Å². The van der Waals surface area contributed by atoms with Crippen LogP contribution in [0.25, 0.3) is 0 Å². The molecule has 1 atom stereocenters. The quantitative estimate of drug-likeness (QED) is 0.348. The standard InChI is InChI=1S/C24H26N2O7/c1-11-20(30)18(13(3)27)22-19(21(11)31)24(4)15(33-22)10-14(28)17(23(24)32)12(2)25-7-9-26-8-5-6-16(26)29/h10,25,30-31H,5-9H2,1-4H3/b17-12+/t24-/m0/s1. The minimum absolute atomic E-state index is 0.00508. The predicted molar refractivity (Wildman–Crippen MR) is 117 cm³/mol. The number of phenolic OH excluding ortho intramolecular Hbond substituents is 2. The van der Waals surface area contributed by atoms with Crippen molar-refractivity contribution in [2.75, 3.05) is 19.6 Å². The highest BCUT2D eigenvalue weighted by molar-refractivity contribution is 6.31. The number of hydrogen-bond acceptors (Lipinski definition) is 8. The molecule has 2 aliphatic heterocycles. The monoisotopic (exact) mass is 454 g/mol. The average molecular weight is 454 g/mol. The molecule has 2 heterocycles. The van der Waals surface area contributed by atoms with E-state index in [1.54, 1.807) is 11.8 Å². The summed E-state index contributed by atoms with van der Waals surface area (Å²) >= 11 is 0. The van der Waals surface area contributed by atoms with E-state index in [0.29, 0.717) is 31.8 Å². The molecule has 0 unspecified atom stereocenters. The zero-order valence-electron chi connectivity index (χ0n) is 19.0. The van der Waals surface area contributed by atoms with Crippen molar-refractivity contribution in [3.05, 3.63) is 39.8 Å². The predicted octanol–water partition coefficient (Wildman–Crippen LogP) is 1.78. The lowest BCUT2D eigenvalue weighted by Crippen LogP contribution is -2.41. The summed E-state index contributed by atoms with van der Waals surface area (Å²) in [6.07, 6.45) is 2.53. The van der Waals surface area contributed by atoms with E-state index in [4.69, 9.17) is 4.74 Å². The lowest BCUT2D eigenvalue weighted by Gasteiger charge is -2.29. The Morgan fingerprint density at radius 1 is 1.21 bits per heavy atom. The minimum Gasteiger partial charge on any atom is -0.507 e. The van der Waals surface area contributed by atoms with Crippen LogP contribution in [-0.4, -0.2) is 58.0 Å². The highest BCUT2D eigenvalue weighted by Crippen LogP contribution is 2.57. The van der Waals surface area contributed by atoms with Gasteiger partial charge in [-0.2, -0.15) is 0 Å². The number of likely N-dealkylation sites (tertiary alicyclic amines) is 1. The molecule has 0 aromatic heterocycles. The number of hydrogen-bond donors (Lipinski definition) is 3. The third kappa shape index (κ3) is 3.21. The number of Topliss-reactive ketones (excluding diaryl/α,β-unsaturated/α-hetero) is 2. The van der Waals surface area contributed by atoms with E-state index in [-0.39, 0.29) is 45.4 Å². The maximum absolute atomic E-state index is 13.7. The van der Waals surface area contributed by atoms with Crippen molar-refractivity contribution in [3.63, 3.8) is 0 Å². The molecule has 1 aliphatic carbocycles. The molecule has 0 saturated carbocycles. The lowest BCUT2D eigenvalue weighted by atomic mass is 9.70. The van der Waals surface area contributed by atoms with Gasteiger partial charge in [-0.25, -0.2) is 0 Å². The maximum Gasteiger partial charge on any atom is 0.222 e. The second-order valence-electron chi connectivity index (χ2n) is 8.80. The van der Waals surface area contributed by atoms with Crippen molar-refractivity contribution >= 4 is 23.3 Å². The van der Waals surface area contributed by atoms with Crippen LogP contribution in [-0.2, 0) is 19.8 Å². The fourth-order valence-electron chi connectivity index (χ4n) is 4.77. The molecule has 1 fully saturated rings. The second-order valence-corrected chi connectivity index (χ2v) is 8.80. The summed E-state index contributed by atoms with van der Waals surface area (Å²) in [6, 6.07) is 0. The zero-order chi connectivity index (χ0) is 24.2. The van der Waals surface area contributed by atoms with Gasteiger partial charge in [-0.3, -0.25) is 19.2 Å². The van der Waals surface area contributed by atoms with Crippen LogP contribution >= 0.6 is 0 Å². The summed E-state index contributed by atoms with van der Waals surface area (Å²) in [5.41, 5.74) is -1.32. The molecule has 3 N–H and O–H groups in total. The van der Waals surface area contributed by atoms with Gasteiger partial charge >= 0.3 is 0 Å². The lowest BCUT2D eigenvalue weighted by molar-refractivity contribution is -0.128. The van der Waals surface area contributed by atoms with Crippen LogP contribution in [0.4, 0.5) is 0 Å². The normalized spacial score (nSPS) is 23.2. The minimum atomic E-state index is -1.54. The first-order valence-corrected chi connectivity index (χ1v) is 10.8. The largest absolute Gasteiger partial charge is 0.507 e. The molecule has 0 radical (unpaired) electrons. The Morgan fingerprint density at radius 3 is 2.52 bits per heavy atom. The van der Waals surface area contributed by atoms with Crippen LogP contribution < -0.4 is 10.1 Å². The van der Waals surface area contributed by atoms with Crippen molar-refractivity contribution in [2.45, 2.75) is 46.0 Å². The number of carbonyl (C=O) groups excluding carboxylic acids is 4. The molecule has 1 amide bonds. The molecule has 3 aliphatic rings. The van der Waals surface area contributed by atoms with Gasteiger partial charge in [0.1, 0.15) is 34.0 Å². The van der Waals surface area contributed by atoms with Gasteiger partial charge < -0.3 is 25.2 Å². The van der Waals surface area contributed by atoms with Crippen molar-refractivity contribution in [2.24, 2.45) is 0 Å². The molecule has 1 aromatic carbocycles. The summed E-state index contributed by atoms with van der Waals surface area (Å²) in [5, 5.41) is 24.3. The number of rotatable bonds is 5. The number of ketones is 3. The molecule has 174 valence electrons. The highest BCUT2D eigenvalue weighted by Gasteiger charge is 2.56. The Bertz CT molecular complexity index is 1190. The summed E-state index contributed by atoms with van der Waals surface area (Å²) < 4.78 is 5.74. The van der Waals surface area contributed by atoms with E-state index in [1.807, 2.05) is 0 Å². The molecule has 0 bridgehead atoms. The van der Waals surface area contributed by atoms with Gasteiger partial charge in [-0.05, 0) is 34.1 Å².